The van der Waals surface area contributed by atoms with Crippen LogP contribution in [0.15, 0.2) is 30.3 Å². The highest BCUT2D eigenvalue weighted by Crippen LogP contribution is 2.52. The summed E-state index contributed by atoms with van der Waals surface area (Å²) in [6.07, 6.45) is 9.17. The second kappa shape index (κ2) is 6.18. The second-order valence-corrected chi connectivity index (χ2v) is 6.55. The number of nitrogens with one attached hydrogen (secondary N) is 1. The van der Waals surface area contributed by atoms with Gasteiger partial charge in [-0.3, -0.25) is 5.32 Å². The van der Waals surface area contributed by atoms with Crippen LogP contribution in [0.1, 0.15) is 56.6 Å². The van der Waals surface area contributed by atoms with E-state index in [-0.39, 0.29) is 12.0 Å². The summed E-state index contributed by atoms with van der Waals surface area (Å²) in [5.74, 6) is -0.181. The summed E-state index contributed by atoms with van der Waals surface area (Å²) in [6.45, 7) is 0. The molecular weight excluding hydrogens is 262 g/mol. The molecule has 3 rings (SSSR count). The lowest BCUT2D eigenvalue weighted by Gasteiger charge is -2.53. The standard InChI is InChI=1S/C18H25NO2/c1-21-17(20)16(14-8-4-2-5-9-14)19-15-10-13-18(15)11-6-3-7-12-18/h2,4-5,8-9,15-16,19H,3,6-7,10-13H2,1H3. The average molecular weight is 287 g/mol. The molecule has 1 aromatic rings. The van der Waals surface area contributed by atoms with Gasteiger partial charge in [0.15, 0.2) is 0 Å². The Bertz CT molecular complexity index is 479. The van der Waals surface area contributed by atoms with Gasteiger partial charge in [-0.05, 0) is 36.7 Å². The van der Waals surface area contributed by atoms with Crippen LogP contribution < -0.4 is 5.32 Å². The van der Waals surface area contributed by atoms with E-state index in [2.05, 4.69) is 5.32 Å². The summed E-state index contributed by atoms with van der Waals surface area (Å²) >= 11 is 0. The van der Waals surface area contributed by atoms with Gasteiger partial charge in [0.05, 0.1) is 7.11 Å². The zero-order chi connectivity index (χ0) is 14.7. The Hall–Kier alpha value is -1.35. The van der Waals surface area contributed by atoms with Crippen molar-refractivity contribution in [2.24, 2.45) is 5.41 Å². The molecule has 2 unspecified atom stereocenters. The molecule has 2 aliphatic rings. The molecule has 1 N–H and O–H groups in total. The summed E-state index contributed by atoms with van der Waals surface area (Å²) in [5.41, 5.74) is 1.45. The Kier molecular flexibility index (Phi) is 4.29. The van der Waals surface area contributed by atoms with Gasteiger partial charge >= 0.3 is 5.97 Å². The molecule has 3 nitrogen and oxygen atoms in total. The highest BCUT2D eigenvalue weighted by atomic mass is 16.5. The maximum Gasteiger partial charge on any atom is 0.327 e. The summed E-state index contributed by atoms with van der Waals surface area (Å²) in [4.78, 5) is 12.2. The van der Waals surface area contributed by atoms with E-state index in [9.17, 15) is 4.79 Å². The van der Waals surface area contributed by atoms with Gasteiger partial charge in [-0.25, -0.2) is 4.79 Å². The summed E-state index contributed by atoms with van der Waals surface area (Å²) < 4.78 is 5.01. The van der Waals surface area contributed by atoms with Gasteiger partial charge in [0.2, 0.25) is 0 Å². The Morgan fingerprint density at radius 2 is 1.90 bits per heavy atom. The monoisotopic (exact) mass is 287 g/mol. The lowest BCUT2D eigenvalue weighted by molar-refractivity contribution is -0.144. The van der Waals surface area contributed by atoms with Crippen molar-refractivity contribution in [2.75, 3.05) is 7.11 Å². The minimum atomic E-state index is -0.333. The molecular formula is C18H25NO2. The number of ether oxygens (including phenoxy) is 1. The van der Waals surface area contributed by atoms with Gasteiger partial charge in [0.25, 0.3) is 0 Å². The van der Waals surface area contributed by atoms with E-state index in [0.717, 1.165) is 5.56 Å². The van der Waals surface area contributed by atoms with E-state index in [0.29, 0.717) is 11.5 Å². The molecule has 0 bridgehead atoms. The summed E-state index contributed by atoms with van der Waals surface area (Å²) in [7, 11) is 1.47. The average Bonchev–Trinajstić information content (AvgIpc) is 2.55. The van der Waals surface area contributed by atoms with Crippen LogP contribution in [0.25, 0.3) is 0 Å². The van der Waals surface area contributed by atoms with Crippen LogP contribution in [0.2, 0.25) is 0 Å². The molecule has 0 heterocycles. The third kappa shape index (κ3) is 2.84. The van der Waals surface area contributed by atoms with Gasteiger partial charge in [0, 0.05) is 6.04 Å². The minimum Gasteiger partial charge on any atom is -0.468 e. The van der Waals surface area contributed by atoms with Gasteiger partial charge in [-0.2, -0.15) is 0 Å². The molecule has 0 radical (unpaired) electrons. The first-order valence-electron chi connectivity index (χ1n) is 8.14. The van der Waals surface area contributed by atoms with Crippen LogP contribution in [0.5, 0.6) is 0 Å². The maximum atomic E-state index is 12.2. The predicted octanol–water partition coefficient (Wildman–Crippen LogP) is 3.60. The molecule has 2 aliphatic carbocycles. The Morgan fingerprint density at radius 3 is 2.48 bits per heavy atom. The molecule has 0 aromatic heterocycles. The number of rotatable bonds is 4. The third-order valence-electron chi connectivity index (χ3n) is 5.46. The fraction of sp³-hybridized carbons (Fsp3) is 0.611. The van der Waals surface area contributed by atoms with E-state index in [1.54, 1.807) is 0 Å². The first-order chi connectivity index (χ1) is 10.2. The molecule has 114 valence electrons. The van der Waals surface area contributed by atoms with Crippen LogP contribution in [-0.2, 0) is 9.53 Å². The first kappa shape index (κ1) is 14.6. The molecule has 0 saturated heterocycles. The zero-order valence-corrected chi connectivity index (χ0v) is 12.8. The van der Waals surface area contributed by atoms with E-state index < -0.39 is 0 Å². The van der Waals surface area contributed by atoms with Crippen molar-refractivity contribution in [1.29, 1.82) is 0 Å². The highest BCUT2D eigenvalue weighted by molar-refractivity contribution is 5.77. The van der Waals surface area contributed by atoms with E-state index in [1.807, 2.05) is 30.3 Å². The van der Waals surface area contributed by atoms with Crippen molar-refractivity contribution in [3.63, 3.8) is 0 Å². The number of hydrogen-bond donors (Lipinski definition) is 1. The number of carbonyl (C=O) groups excluding carboxylic acids is 1. The molecule has 2 fully saturated rings. The Labute approximate surface area is 127 Å². The SMILES string of the molecule is COC(=O)C(NC1CCC12CCCCC2)c1ccccc1. The smallest absolute Gasteiger partial charge is 0.327 e. The molecule has 0 aliphatic heterocycles. The van der Waals surface area contributed by atoms with Crippen molar-refractivity contribution in [1.82, 2.24) is 5.32 Å². The molecule has 21 heavy (non-hydrogen) atoms. The van der Waals surface area contributed by atoms with Crippen LogP contribution in [0, 0.1) is 5.41 Å². The molecule has 0 amide bonds. The van der Waals surface area contributed by atoms with Crippen molar-refractivity contribution >= 4 is 5.97 Å². The third-order valence-corrected chi connectivity index (χ3v) is 5.46. The number of hydrogen-bond acceptors (Lipinski definition) is 3. The lowest BCUT2D eigenvalue weighted by atomic mass is 9.57. The van der Waals surface area contributed by atoms with Gasteiger partial charge in [0.1, 0.15) is 6.04 Å². The second-order valence-electron chi connectivity index (χ2n) is 6.55. The van der Waals surface area contributed by atoms with Crippen molar-refractivity contribution < 1.29 is 9.53 Å². The maximum absolute atomic E-state index is 12.2. The molecule has 1 aromatic carbocycles. The Morgan fingerprint density at radius 1 is 1.19 bits per heavy atom. The minimum absolute atomic E-state index is 0.181. The van der Waals surface area contributed by atoms with Gasteiger partial charge in [-0.1, -0.05) is 49.6 Å². The van der Waals surface area contributed by atoms with E-state index in [4.69, 9.17) is 4.74 Å². The molecule has 2 saturated carbocycles. The highest BCUT2D eigenvalue weighted by Gasteiger charge is 2.48. The fourth-order valence-electron chi connectivity index (χ4n) is 4.08. The van der Waals surface area contributed by atoms with Crippen LogP contribution in [-0.4, -0.2) is 19.1 Å². The first-order valence-corrected chi connectivity index (χ1v) is 8.14. The van der Waals surface area contributed by atoms with Gasteiger partial charge < -0.3 is 4.74 Å². The number of methoxy groups -OCH3 is 1. The zero-order valence-electron chi connectivity index (χ0n) is 12.8. The molecule has 1 spiro atoms. The Balaban J connectivity index is 1.74. The van der Waals surface area contributed by atoms with Gasteiger partial charge in [-0.15, -0.1) is 0 Å². The van der Waals surface area contributed by atoms with Crippen LogP contribution >= 0.6 is 0 Å². The van der Waals surface area contributed by atoms with Crippen molar-refractivity contribution in [3.05, 3.63) is 35.9 Å². The number of carbonyl (C=O) groups is 1. The predicted molar refractivity (Wildman–Crippen MR) is 82.9 cm³/mol. The topological polar surface area (TPSA) is 38.3 Å². The van der Waals surface area contributed by atoms with Crippen LogP contribution in [0.3, 0.4) is 0 Å². The quantitative estimate of drug-likeness (QED) is 0.860. The normalized spacial score (nSPS) is 25.1. The van der Waals surface area contributed by atoms with Crippen molar-refractivity contribution in [3.8, 4) is 0 Å². The summed E-state index contributed by atoms with van der Waals surface area (Å²) in [6, 6.07) is 10.1. The molecule has 2 atom stereocenters. The summed E-state index contributed by atoms with van der Waals surface area (Å²) in [5, 5.41) is 3.61. The van der Waals surface area contributed by atoms with E-state index in [1.165, 1.54) is 52.1 Å². The molecule has 3 heteroatoms. The van der Waals surface area contributed by atoms with Crippen molar-refractivity contribution in [2.45, 2.75) is 57.0 Å². The largest absolute Gasteiger partial charge is 0.468 e. The number of esters is 1. The van der Waals surface area contributed by atoms with Crippen LogP contribution in [0.4, 0.5) is 0 Å². The fourth-order valence-corrected chi connectivity index (χ4v) is 4.08. The lowest BCUT2D eigenvalue weighted by Crippen LogP contribution is -2.56. The number of benzene rings is 1. The van der Waals surface area contributed by atoms with E-state index >= 15 is 0 Å².